The molecular formula is C13H13BrN2O. The molecule has 1 aromatic carbocycles. The number of nitrogens with zero attached hydrogens (tertiary/aromatic N) is 1. The molecule has 1 heterocycles. The van der Waals surface area contributed by atoms with Gasteiger partial charge in [0.25, 0.3) is 0 Å². The normalized spacial score (nSPS) is 10.4. The number of nitrogen functional groups attached to an aromatic ring is 1. The van der Waals surface area contributed by atoms with Gasteiger partial charge in [-0.2, -0.15) is 0 Å². The van der Waals surface area contributed by atoms with Crippen molar-refractivity contribution in [3.05, 3.63) is 58.2 Å². The monoisotopic (exact) mass is 292 g/mol. The summed E-state index contributed by atoms with van der Waals surface area (Å²) in [6, 6.07) is 11.7. The highest BCUT2D eigenvalue weighted by molar-refractivity contribution is 9.10. The van der Waals surface area contributed by atoms with E-state index in [9.17, 15) is 0 Å². The van der Waals surface area contributed by atoms with E-state index in [2.05, 4.69) is 20.9 Å². The molecule has 2 aromatic rings. The van der Waals surface area contributed by atoms with Crippen molar-refractivity contribution in [2.45, 2.75) is 13.2 Å². The summed E-state index contributed by atoms with van der Waals surface area (Å²) in [4.78, 5) is 4.01. The number of ether oxygens (including phenoxy) is 1. The zero-order valence-electron chi connectivity index (χ0n) is 9.27. The van der Waals surface area contributed by atoms with Gasteiger partial charge in [0.05, 0.1) is 13.2 Å². The molecule has 0 saturated carbocycles. The van der Waals surface area contributed by atoms with Gasteiger partial charge in [0.1, 0.15) is 5.82 Å². The van der Waals surface area contributed by atoms with Gasteiger partial charge in [0, 0.05) is 10.7 Å². The van der Waals surface area contributed by atoms with Crippen LogP contribution >= 0.6 is 15.9 Å². The van der Waals surface area contributed by atoms with Crippen LogP contribution in [0.3, 0.4) is 0 Å². The number of rotatable bonds is 4. The highest BCUT2D eigenvalue weighted by Gasteiger charge is 1.99. The van der Waals surface area contributed by atoms with Crippen LogP contribution in [0.5, 0.6) is 0 Å². The van der Waals surface area contributed by atoms with Crippen molar-refractivity contribution in [1.29, 1.82) is 0 Å². The number of nitrogens with two attached hydrogens (primary N) is 1. The first-order valence-electron chi connectivity index (χ1n) is 5.27. The van der Waals surface area contributed by atoms with Gasteiger partial charge < -0.3 is 10.5 Å². The Morgan fingerprint density at radius 2 is 1.94 bits per heavy atom. The summed E-state index contributed by atoms with van der Waals surface area (Å²) in [6.45, 7) is 1.11. The van der Waals surface area contributed by atoms with E-state index in [0.29, 0.717) is 19.0 Å². The molecule has 0 spiro atoms. The van der Waals surface area contributed by atoms with Crippen molar-refractivity contribution < 1.29 is 4.74 Å². The molecule has 0 fully saturated rings. The Bertz CT molecular complexity index is 485. The van der Waals surface area contributed by atoms with E-state index in [4.69, 9.17) is 10.5 Å². The molecule has 2 rings (SSSR count). The largest absolute Gasteiger partial charge is 0.384 e. The average molecular weight is 293 g/mol. The van der Waals surface area contributed by atoms with Gasteiger partial charge in [-0.3, -0.25) is 0 Å². The van der Waals surface area contributed by atoms with E-state index in [1.54, 1.807) is 12.3 Å². The molecule has 17 heavy (non-hydrogen) atoms. The van der Waals surface area contributed by atoms with Crippen molar-refractivity contribution in [1.82, 2.24) is 4.98 Å². The molecule has 0 bridgehead atoms. The fourth-order valence-corrected chi connectivity index (χ4v) is 1.81. The first kappa shape index (κ1) is 12.1. The third-order valence-electron chi connectivity index (χ3n) is 2.33. The number of pyridine rings is 1. The minimum Gasteiger partial charge on any atom is -0.384 e. The van der Waals surface area contributed by atoms with Crippen molar-refractivity contribution >= 4 is 21.7 Å². The molecule has 0 unspecified atom stereocenters. The molecule has 1 aromatic heterocycles. The van der Waals surface area contributed by atoms with Crippen LogP contribution in [-0.4, -0.2) is 4.98 Å². The van der Waals surface area contributed by atoms with Crippen LogP contribution in [-0.2, 0) is 18.0 Å². The lowest BCUT2D eigenvalue weighted by atomic mass is 10.2. The van der Waals surface area contributed by atoms with Crippen molar-refractivity contribution in [2.24, 2.45) is 0 Å². The van der Waals surface area contributed by atoms with Gasteiger partial charge in [-0.05, 0) is 23.3 Å². The van der Waals surface area contributed by atoms with Crippen molar-refractivity contribution in [3.8, 4) is 0 Å². The Morgan fingerprint density at radius 3 is 2.65 bits per heavy atom. The molecule has 3 nitrogen and oxygen atoms in total. The topological polar surface area (TPSA) is 48.1 Å². The fraction of sp³-hybridized carbons (Fsp3) is 0.154. The Kier molecular flexibility index (Phi) is 4.12. The number of benzene rings is 1. The summed E-state index contributed by atoms with van der Waals surface area (Å²) in [6.07, 6.45) is 1.73. The Morgan fingerprint density at radius 1 is 1.12 bits per heavy atom. The van der Waals surface area contributed by atoms with Crippen molar-refractivity contribution in [3.63, 3.8) is 0 Å². The quantitative estimate of drug-likeness (QED) is 0.942. The number of hydrogen-bond acceptors (Lipinski definition) is 3. The molecule has 0 atom stereocenters. The predicted molar refractivity (Wildman–Crippen MR) is 71.3 cm³/mol. The van der Waals surface area contributed by atoms with Gasteiger partial charge in [-0.15, -0.1) is 0 Å². The third kappa shape index (κ3) is 3.54. The summed E-state index contributed by atoms with van der Waals surface area (Å²) in [5.41, 5.74) is 7.66. The maximum Gasteiger partial charge on any atom is 0.123 e. The van der Waals surface area contributed by atoms with Gasteiger partial charge in [-0.25, -0.2) is 4.98 Å². The second-order valence-corrected chi connectivity index (χ2v) is 4.53. The Balaban J connectivity index is 1.88. The van der Waals surface area contributed by atoms with E-state index in [1.807, 2.05) is 30.3 Å². The van der Waals surface area contributed by atoms with Crippen LogP contribution in [0.2, 0.25) is 0 Å². The van der Waals surface area contributed by atoms with Crippen LogP contribution in [0, 0.1) is 0 Å². The summed E-state index contributed by atoms with van der Waals surface area (Å²) >= 11 is 3.48. The molecule has 4 heteroatoms. The van der Waals surface area contributed by atoms with Gasteiger partial charge >= 0.3 is 0 Å². The lowest BCUT2D eigenvalue weighted by Gasteiger charge is -2.06. The van der Waals surface area contributed by atoms with E-state index >= 15 is 0 Å². The van der Waals surface area contributed by atoms with E-state index in [0.717, 1.165) is 15.6 Å². The zero-order valence-corrected chi connectivity index (χ0v) is 10.9. The smallest absolute Gasteiger partial charge is 0.123 e. The van der Waals surface area contributed by atoms with E-state index in [-0.39, 0.29) is 0 Å². The molecule has 0 saturated heterocycles. The predicted octanol–water partition coefficient (Wildman–Crippen LogP) is 3.14. The number of anilines is 1. The molecule has 0 aliphatic rings. The second kappa shape index (κ2) is 5.80. The first-order chi connectivity index (χ1) is 8.25. The zero-order chi connectivity index (χ0) is 12.1. The molecule has 0 radical (unpaired) electrons. The van der Waals surface area contributed by atoms with E-state index in [1.165, 1.54) is 0 Å². The minimum atomic E-state index is 0.527. The van der Waals surface area contributed by atoms with Gasteiger partial charge in [-0.1, -0.05) is 40.2 Å². The molecular weight excluding hydrogens is 280 g/mol. The molecule has 0 aliphatic carbocycles. The van der Waals surface area contributed by atoms with Crippen LogP contribution in [0.4, 0.5) is 5.82 Å². The second-order valence-electron chi connectivity index (χ2n) is 3.68. The van der Waals surface area contributed by atoms with Crippen molar-refractivity contribution in [2.75, 3.05) is 5.73 Å². The van der Waals surface area contributed by atoms with Crippen LogP contribution < -0.4 is 5.73 Å². The Hall–Kier alpha value is -1.39. The summed E-state index contributed by atoms with van der Waals surface area (Å²) < 4.78 is 6.68. The van der Waals surface area contributed by atoms with Crippen LogP contribution in [0.1, 0.15) is 11.1 Å². The van der Waals surface area contributed by atoms with Crippen LogP contribution in [0.15, 0.2) is 47.1 Å². The molecule has 0 amide bonds. The number of aromatic nitrogens is 1. The maximum absolute atomic E-state index is 5.62. The summed E-state index contributed by atoms with van der Waals surface area (Å²) in [7, 11) is 0. The lowest BCUT2D eigenvalue weighted by molar-refractivity contribution is 0.106. The highest BCUT2D eigenvalue weighted by atomic mass is 79.9. The van der Waals surface area contributed by atoms with Gasteiger partial charge in [0.2, 0.25) is 0 Å². The minimum absolute atomic E-state index is 0.527. The number of halogens is 1. The highest BCUT2D eigenvalue weighted by Crippen LogP contribution is 2.17. The SMILES string of the molecule is Nc1ccc(COCc2ccccc2Br)cn1. The lowest BCUT2D eigenvalue weighted by Crippen LogP contribution is -1.96. The average Bonchev–Trinajstić information content (AvgIpc) is 2.34. The first-order valence-corrected chi connectivity index (χ1v) is 6.06. The fourth-order valence-electron chi connectivity index (χ4n) is 1.42. The molecule has 2 N–H and O–H groups in total. The van der Waals surface area contributed by atoms with Crippen LogP contribution in [0.25, 0.3) is 0 Å². The Labute approximate surface area is 109 Å². The third-order valence-corrected chi connectivity index (χ3v) is 3.11. The summed E-state index contributed by atoms with van der Waals surface area (Å²) in [5, 5.41) is 0. The van der Waals surface area contributed by atoms with E-state index < -0.39 is 0 Å². The number of hydrogen-bond donors (Lipinski definition) is 1. The standard InChI is InChI=1S/C13H13BrN2O/c14-12-4-2-1-3-11(12)9-17-8-10-5-6-13(15)16-7-10/h1-7H,8-9H2,(H2,15,16). The van der Waals surface area contributed by atoms with Gasteiger partial charge in [0.15, 0.2) is 0 Å². The maximum atomic E-state index is 5.62. The molecule has 88 valence electrons. The summed E-state index contributed by atoms with van der Waals surface area (Å²) in [5.74, 6) is 0.527. The molecule has 0 aliphatic heterocycles.